The minimum atomic E-state index is 0.147. The number of likely N-dealkylation sites (N-methyl/N-ethyl adjacent to an activating group) is 1. The first kappa shape index (κ1) is 16.1. The summed E-state index contributed by atoms with van der Waals surface area (Å²) in [4.78, 5) is 8.41. The van der Waals surface area contributed by atoms with E-state index in [0.29, 0.717) is 0 Å². The maximum atomic E-state index is 6.41. The number of hydrogen-bond acceptors (Lipinski definition) is 4. The molecule has 0 aliphatic rings. The van der Waals surface area contributed by atoms with E-state index in [1.807, 2.05) is 13.0 Å². The van der Waals surface area contributed by atoms with Crippen molar-refractivity contribution in [2.24, 2.45) is 5.73 Å². The van der Waals surface area contributed by atoms with Gasteiger partial charge in [0.15, 0.2) is 0 Å². The van der Waals surface area contributed by atoms with Crippen molar-refractivity contribution in [2.45, 2.75) is 45.8 Å². The van der Waals surface area contributed by atoms with Crippen molar-refractivity contribution in [3.63, 3.8) is 0 Å². The fourth-order valence-electron chi connectivity index (χ4n) is 2.65. The third-order valence-electron chi connectivity index (χ3n) is 3.82. The molecule has 3 nitrogen and oxygen atoms in total. The number of rotatable bonds is 7. The molecule has 114 valence electrons. The second-order valence-corrected chi connectivity index (χ2v) is 6.35. The Bertz CT molecular complexity index is 539. The summed E-state index contributed by atoms with van der Waals surface area (Å²) in [5.41, 5.74) is 8.59. The van der Waals surface area contributed by atoms with E-state index in [4.69, 9.17) is 5.73 Å². The molecule has 0 bridgehead atoms. The quantitative estimate of drug-likeness (QED) is 0.847. The number of pyridine rings is 1. The number of thiophene rings is 1. The van der Waals surface area contributed by atoms with Crippen LogP contribution in [0, 0.1) is 6.92 Å². The van der Waals surface area contributed by atoms with E-state index in [2.05, 4.69) is 53.4 Å². The van der Waals surface area contributed by atoms with Crippen LogP contribution in [0.25, 0.3) is 0 Å². The topological polar surface area (TPSA) is 42.1 Å². The molecule has 0 fully saturated rings. The molecule has 0 amide bonds. The first-order chi connectivity index (χ1) is 10.2. The predicted octanol–water partition coefficient (Wildman–Crippen LogP) is 3.75. The molecular formula is C17H25N3S. The van der Waals surface area contributed by atoms with E-state index >= 15 is 0 Å². The van der Waals surface area contributed by atoms with E-state index in [-0.39, 0.29) is 12.1 Å². The Labute approximate surface area is 131 Å². The predicted molar refractivity (Wildman–Crippen MR) is 90.4 cm³/mol. The third kappa shape index (κ3) is 4.13. The Kier molecular flexibility index (Phi) is 5.91. The number of hydrogen-bond donors (Lipinski definition) is 1. The summed E-state index contributed by atoms with van der Waals surface area (Å²) in [5, 5.41) is 2.13. The average Bonchev–Trinajstić information content (AvgIpc) is 3.00. The summed E-state index contributed by atoms with van der Waals surface area (Å²) in [7, 11) is 0. The van der Waals surface area contributed by atoms with Crippen LogP contribution in [0.1, 0.15) is 42.6 Å². The number of aromatic nitrogens is 1. The second-order valence-electron chi connectivity index (χ2n) is 5.37. The zero-order valence-electron chi connectivity index (χ0n) is 13.1. The van der Waals surface area contributed by atoms with Crippen LogP contribution in [0.5, 0.6) is 0 Å². The van der Waals surface area contributed by atoms with Crippen LogP contribution >= 0.6 is 11.3 Å². The van der Waals surface area contributed by atoms with Gasteiger partial charge in [-0.1, -0.05) is 26.0 Å². The van der Waals surface area contributed by atoms with Gasteiger partial charge in [-0.15, -0.1) is 11.3 Å². The number of nitrogens with two attached hydrogens (primary N) is 1. The van der Waals surface area contributed by atoms with Crippen LogP contribution in [-0.4, -0.2) is 22.5 Å². The summed E-state index contributed by atoms with van der Waals surface area (Å²) < 4.78 is 0. The summed E-state index contributed by atoms with van der Waals surface area (Å²) in [6.07, 6.45) is 0.973. The van der Waals surface area contributed by atoms with E-state index in [9.17, 15) is 0 Å². The highest BCUT2D eigenvalue weighted by Gasteiger charge is 2.25. The average molecular weight is 303 g/mol. The van der Waals surface area contributed by atoms with Crippen molar-refractivity contribution in [1.29, 1.82) is 0 Å². The van der Waals surface area contributed by atoms with Crippen molar-refractivity contribution < 1.29 is 0 Å². The zero-order valence-corrected chi connectivity index (χ0v) is 13.9. The largest absolute Gasteiger partial charge is 0.326 e. The van der Waals surface area contributed by atoms with Gasteiger partial charge in [0, 0.05) is 23.2 Å². The third-order valence-corrected chi connectivity index (χ3v) is 4.77. The lowest BCUT2D eigenvalue weighted by molar-refractivity contribution is 0.170. The maximum Gasteiger partial charge on any atom is 0.0596 e. The molecule has 2 rings (SSSR count). The molecule has 0 saturated heterocycles. The van der Waals surface area contributed by atoms with E-state index in [0.717, 1.165) is 30.9 Å². The highest BCUT2D eigenvalue weighted by Crippen LogP contribution is 2.29. The monoisotopic (exact) mass is 303 g/mol. The van der Waals surface area contributed by atoms with Crippen molar-refractivity contribution in [3.05, 3.63) is 52.0 Å². The zero-order chi connectivity index (χ0) is 15.2. The molecule has 2 unspecified atom stereocenters. The van der Waals surface area contributed by atoms with Crippen LogP contribution in [0.4, 0.5) is 0 Å². The minimum Gasteiger partial charge on any atom is -0.326 e. The lowest BCUT2D eigenvalue weighted by Gasteiger charge is -2.33. The summed E-state index contributed by atoms with van der Waals surface area (Å²) in [6, 6.07) is 10.9. The molecule has 0 saturated carbocycles. The SMILES string of the molecule is CCC(N)C(c1cccs1)N(CC)Cc1cccc(C)n1. The second kappa shape index (κ2) is 7.69. The standard InChI is InChI=1S/C17H25N3S/c1-4-15(18)17(16-10-7-11-21-16)20(5-2)12-14-9-6-8-13(3)19-14/h6-11,15,17H,4-5,12,18H2,1-3H3. The molecule has 2 aromatic rings. The molecule has 0 spiro atoms. The molecule has 2 aromatic heterocycles. The van der Waals surface area contributed by atoms with Gasteiger partial charge in [-0.2, -0.15) is 0 Å². The van der Waals surface area contributed by atoms with Crippen LogP contribution in [0.15, 0.2) is 35.7 Å². The Morgan fingerprint density at radius 2 is 2.05 bits per heavy atom. The molecule has 0 aromatic carbocycles. The Morgan fingerprint density at radius 1 is 1.24 bits per heavy atom. The normalized spacial score (nSPS) is 14.3. The fourth-order valence-corrected chi connectivity index (χ4v) is 3.58. The van der Waals surface area contributed by atoms with E-state index in [1.165, 1.54) is 4.88 Å². The van der Waals surface area contributed by atoms with Crippen LogP contribution in [0.3, 0.4) is 0 Å². The van der Waals surface area contributed by atoms with Gasteiger partial charge in [0.2, 0.25) is 0 Å². The maximum absolute atomic E-state index is 6.41. The first-order valence-electron chi connectivity index (χ1n) is 7.61. The number of aryl methyl sites for hydroxylation is 1. The molecule has 2 heterocycles. The van der Waals surface area contributed by atoms with Gasteiger partial charge in [0.1, 0.15) is 0 Å². The summed E-state index contributed by atoms with van der Waals surface area (Å²) in [5.74, 6) is 0. The molecule has 0 aliphatic carbocycles. The number of nitrogens with zero attached hydrogens (tertiary/aromatic N) is 2. The van der Waals surface area contributed by atoms with Crippen molar-refractivity contribution >= 4 is 11.3 Å². The molecule has 2 N–H and O–H groups in total. The van der Waals surface area contributed by atoms with Crippen LogP contribution in [-0.2, 0) is 6.54 Å². The Hall–Kier alpha value is -1.23. The van der Waals surface area contributed by atoms with Gasteiger partial charge in [-0.05, 0) is 43.5 Å². The van der Waals surface area contributed by atoms with Gasteiger partial charge < -0.3 is 5.73 Å². The summed E-state index contributed by atoms with van der Waals surface area (Å²) in [6.45, 7) is 8.19. The molecule has 0 aliphatic heterocycles. The molecule has 0 radical (unpaired) electrons. The highest BCUT2D eigenvalue weighted by molar-refractivity contribution is 7.10. The van der Waals surface area contributed by atoms with Gasteiger partial charge in [-0.3, -0.25) is 9.88 Å². The molecule has 2 atom stereocenters. The molecular weight excluding hydrogens is 278 g/mol. The fraction of sp³-hybridized carbons (Fsp3) is 0.471. The van der Waals surface area contributed by atoms with Crippen molar-refractivity contribution in [3.8, 4) is 0 Å². The Morgan fingerprint density at radius 3 is 2.62 bits per heavy atom. The molecule has 4 heteroatoms. The van der Waals surface area contributed by atoms with Crippen LogP contribution < -0.4 is 5.73 Å². The minimum absolute atomic E-state index is 0.147. The van der Waals surface area contributed by atoms with Crippen LogP contribution in [0.2, 0.25) is 0 Å². The molecule has 21 heavy (non-hydrogen) atoms. The van der Waals surface area contributed by atoms with Gasteiger partial charge in [0.25, 0.3) is 0 Å². The van der Waals surface area contributed by atoms with Gasteiger partial charge in [-0.25, -0.2) is 0 Å². The van der Waals surface area contributed by atoms with Crippen molar-refractivity contribution in [1.82, 2.24) is 9.88 Å². The smallest absolute Gasteiger partial charge is 0.0596 e. The summed E-state index contributed by atoms with van der Waals surface area (Å²) >= 11 is 1.79. The van der Waals surface area contributed by atoms with Crippen molar-refractivity contribution in [2.75, 3.05) is 6.54 Å². The lowest BCUT2D eigenvalue weighted by atomic mass is 10.0. The van der Waals surface area contributed by atoms with Gasteiger partial charge in [0.05, 0.1) is 11.7 Å². The van der Waals surface area contributed by atoms with Gasteiger partial charge >= 0.3 is 0 Å². The Balaban J connectivity index is 2.23. The first-order valence-corrected chi connectivity index (χ1v) is 8.49. The van der Waals surface area contributed by atoms with E-state index < -0.39 is 0 Å². The lowest BCUT2D eigenvalue weighted by Crippen LogP contribution is -2.40. The highest BCUT2D eigenvalue weighted by atomic mass is 32.1. The van der Waals surface area contributed by atoms with E-state index in [1.54, 1.807) is 11.3 Å².